The third kappa shape index (κ3) is 2.87. The number of hydrogen-bond acceptors (Lipinski definition) is 5. The topological polar surface area (TPSA) is 61.4 Å². The number of piperazine rings is 1. The van der Waals surface area contributed by atoms with Crippen molar-refractivity contribution in [3.8, 4) is 0 Å². The van der Waals surface area contributed by atoms with Crippen molar-refractivity contribution in [1.82, 2.24) is 14.9 Å². The predicted molar refractivity (Wildman–Crippen MR) is 96.6 cm³/mol. The molecule has 7 heteroatoms. The van der Waals surface area contributed by atoms with Gasteiger partial charge in [-0.1, -0.05) is 15.9 Å². The summed E-state index contributed by atoms with van der Waals surface area (Å²) in [4.78, 5) is 25.2. The molecule has 2 aliphatic heterocycles. The SMILES string of the molecule is O=C1Nc2ccc(Br)cc2/C1=C\N1CCN(c2ncccn2)CC1. The smallest absolute Gasteiger partial charge is 0.257 e. The van der Waals surface area contributed by atoms with E-state index in [1.54, 1.807) is 12.4 Å². The van der Waals surface area contributed by atoms with Gasteiger partial charge in [-0.05, 0) is 24.3 Å². The average Bonchev–Trinajstić information content (AvgIpc) is 2.92. The Morgan fingerprint density at radius 3 is 2.62 bits per heavy atom. The number of nitrogens with zero attached hydrogens (tertiary/aromatic N) is 4. The summed E-state index contributed by atoms with van der Waals surface area (Å²) in [6.07, 6.45) is 5.49. The fourth-order valence-corrected chi connectivity index (χ4v) is 3.34. The first-order valence-corrected chi connectivity index (χ1v) is 8.59. The van der Waals surface area contributed by atoms with Crippen LogP contribution in [-0.4, -0.2) is 47.0 Å². The molecule has 0 saturated carbocycles. The van der Waals surface area contributed by atoms with Gasteiger partial charge in [-0.2, -0.15) is 0 Å². The highest BCUT2D eigenvalue weighted by Gasteiger charge is 2.26. The van der Waals surface area contributed by atoms with E-state index < -0.39 is 0 Å². The first-order chi connectivity index (χ1) is 11.7. The second kappa shape index (κ2) is 6.24. The van der Waals surface area contributed by atoms with Gasteiger partial charge in [-0.25, -0.2) is 9.97 Å². The Kier molecular flexibility index (Phi) is 3.93. The minimum absolute atomic E-state index is 0.0445. The normalized spacial score (nSPS) is 18.7. The van der Waals surface area contributed by atoms with E-state index in [1.807, 2.05) is 30.5 Å². The number of halogens is 1. The molecule has 2 aliphatic rings. The number of amides is 1. The number of nitrogens with one attached hydrogen (secondary N) is 1. The maximum absolute atomic E-state index is 12.3. The molecule has 0 unspecified atom stereocenters. The van der Waals surface area contributed by atoms with Crippen LogP contribution in [0.25, 0.3) is 5.57 Å². The molecule has 1 fully saturated rings. The van der Waals surface area contributed by atoms with Gasteiger partial charge in [-0.3, -0.25) is 4.79 Å². The van der Waals surface area contributed by atoms with Gasteiger partial charge in [0.15, 0.2) is 0 Å². The van der Waals surface area contributed by atoms with Gasteiger partial charge in [0.05, 0.1) is 5.57 Å². The van der Waals surface area contributed by atoms with Crippen LogP contribution in [0.2, 0.25) is 0 Å². The van der Waals surface area contributed by atoms with Gasteiger partial charge in [0.25, 0.3) is 5.91 Å². The van der Waals surface area contributed by atoms with E-state index in [1.165, 1.54) is 0 Å². The summed E-state index contributed by atoms with van der Waals surface area (Å²) in [5.74, 6) is 0.717. The minimum Gasteiger partial charge on any atom is -0.373 e. The van der Waals surface area contributed by atoms with Crippen molar-refractivity contribution in [2.24, 2.45) is 0 Å². The Morgan fingerprint density at radius 1 is 1.12 bits per heavy atom. The maximum atomic E-state index is 12.3. The van der Waals surface area contributed by atoms with E-state index in [0.29, 0.717) is 0 Å². The summed E-state index contributed by atoms with van der Waals surface area (Å²) < 4.78 is 0.967. The summed E-state index contributed by atoms with van der Waals surface area (Å²) in [6.45, 7) is 3.33. The lowest BCUT2D eigenvalue weighted by molar-refractivity contribution is -0.110. The minimum atomic E-state index is -0.0445. The molecule has 2 aromatic rings. The van der Waals surface area contributed by atoms with Crippen LogP contribution >= 0.6 is 15.9 Å². The van der Waals surface area contributed by atoms with Gasteiger partial charge in [0, 0.05) is 60.5 Å². The third-order valence-electron chi connectivity index (χ3n) is 4.23. The lowest BCUT2D eigenvalue weighted by Crippen LogP contribution is -2.45. The Balaban J connectivity index is 1.50. The number of carbonyl (C=O) groups is 1. The third-order valence-corrected chi connectivity index (χ3v) is 4.72. The van der Waals surface area contributed by atoms with Crippen molar-refractivity contribution >= 4 is 39.0 Å². The van der Waals surface area contributed by atoms with Crippen LogP contribution in [-0.2, 0) is 4.79 Å². The van der Waals surface area contributed by atoms with Gasteiger partial charge in [-0.15, -0.1) is 0 Å². The molecule has 0 atom stereocenters. The summed E-state index contributed by atoms with van der Waals surface area (Å²) in [6, 6.07) is 7.65. The van der Waals surface area contributed by atoms with Crippen LogP contribution in [0.4, 0.5) is 11.6 Å². The van der Waals surface area contributed by atoms with Crippen molar-refractivity contribution < 1.29 is 4.79 Å². The summed E-state index contributed by atoms with van der Waals surface area (Å²) in [7, 11) is 0. The molecular weight excluding hydrogens is 370 g/mol. The van der Waals surface area contributed by atoms with Crippen molar-refractivity contribution in [3.05, 3.63) is 52.9 Å². The lowest BCUT2D eigenvalue weighted by Gasteiger charge is -2.34. The van der Waals surface area contributed by atoms with Crippen molar-refractivity contribution in [3.63, 3.8) is 0 Å². The zero-order valence-corrected chi connectivity index (χ0v) is 14.5. The molecule has 24 heavy (non-hydrogen) atoms. The molecule has 4 rings (SSSR count). The second-order valence-electron chi connectivity index (χ2n) is 5.76. The van der Waals surface area contributed by atoms with Crippen LogP contribution in [0.3, 0.4) is 0 Å². The molecule has 1 aromatic heterocycles. The molecule has 3 heterocycles. The number of benzene rings is 1. The zero-order chi connectivity index (χ0) is 16.5. The van der Waals surface area contributed by atoms with Crippen molar-refractivity contribution in [1.29, 1.82) is 0 Å². The Labute approximate surface area is 148 Å². The maximum Gasteiger partial charge on any atom is 0.257 e. The fourth-order valence-electron chi connectivity index (χ4n) is 2.98. The van der Waals surface area contributed by atoms with Gasteiger partial charge < -0.3 is 15.1 Å². The molecule has 1 aromatic carbocycles. The summed E-state index contributed by atoms with van der Waals surface area (Å²) >= 11 is 3.47. The monoisotopic (exact) mass is 385 g/mol. The number of carbonyl (C=O) groups excluding carboxylic acids is 1. The highest BCUT2D eigenvalue weighted by Crippen LogP contribution is 2.34. The average molecular weight is 386 g/mol. The Bertz CT molecular complexity index is 800. The van der Waals surface area contributed by atoms with E-state index in [9.17, 15) is 4.79 Å². The molecule has 0 bridgehead atoms. The molecule has 6 nitrogen and oxygen atoms in total. The lowest BCUT2D eigenvalue weighted by atomic mass is 10.1. The highest BCUT2D eigenvalue weighted by molar-refractivity contribution is 9.10. The first kappa shape index (κ1) is 15.1. The molecule has 1 amide bonds. The number of hydrogen-bond donors (Lipinski definition) is 1. The fraction of sp³-hybridized carbons (Fsp3) is 0.235. The molecule has 1 saturated heterocycles. The van der Waals surface area contributed by atoms with Crippen LogP contribution in [0.15, 0.2) is 47.3 Å². The van der Waals surface area contributed by atoms with E-state index >= 15 is 0 Å². The summed E-state index contributed by atoms with van der Waals surface area (Å²) in [5.41, 5.74) is 2.53. The van der Waals surface area contributed by atoms with Crippen molar-refractivity contribution in [2.45, 2.75) is 0 Å². The molecule has 0 spiro atoms. The van der Waals surface area contributed by atoms with E-state index in [4.69, 9.17) is 0 Å². The standard InChI is InChI=1S/C17H16BrN5O/c18-12-2-3-15-13(10-12)14(16(24)21-15)11-22-6-8-23(9-7-22)17-19-4-1-5-20-17/h1-5,10-11H,6-9H2,(H,21,24)/b14-11+. The highest BCUT2D eigenvalue weighted by atomic mass is 79.9. The summed E-state index contributed by atoms with van der Waals surface area (Å²) in [5, 5.41) is 2.91. The molecule has 122 valence electrons. The van der Waals surface area contributed by atoms with E-state index in [-0.39, 0.29) is 5.91 Å². The number of anilines is 2. The number of fused-ring (bicyclic) bond motifs is 1. The van der Waals surface area contributed by atoms with Gasteiger partial charge in [0.1, 0.15) is 0 Å². The largest absolute Gasteiger partial charge is 0.373 e. The van der Waals surface area contributed by atoms with E-state index in [2.05, 4.69) is 41.0 Å². The first-order valence-electron chi connectivity index (χ1n) is 7.80. The quantitative estimate of drug-likeness (QED) is 0.803. The molecule has 0 radical (unpaired) electrons. The second-order valence-corrected chi connectivity index (χ2v) is 6.67. The molecule has 1 N–H and O–H groups in total. The van der Waals surface area contributed by atoms with Crippen LogP contribution < -0.4 is 10.2 Å². The Hall–Kier alpha value is -2.41. The van der Waals surface area contributed by atoms with Crippen molar-refractivity contribution in [2.75, 3.05) is 36.4 Å². The predicted octanol–water partition coefficient (Wildman–Crippen LogP) is 2.35. The molecular formula is C17H16BrN5O. The van der Waals surface area contributed by atoms with Gasteiger partial charge in [0.2, 0.25) is 5.95 Å². The Morgan fingerprint density at radius 2 is 1.88 bits per heavy atom. The molecule has 0 aliphatic carbocycles. The number of aromatic nitrogens is 2. The van der Waals surface area contributed by atoms with E-state index in [0.717, 1.165) is 53.4 Å². The van der Waals surface area contributed by atoms with Crippen LogP contribution in [0, 0.1) is 0 Å². The van der Waals surface area contributed by atoms with Gasteiger partial charge >= 0.3 is 0 Å². The zero-order valence-electron chi connectivity index (χ0n) is 12.9. The van der Waals surface area contributed by atoms with Crippen LogP contribution in [0.1, 0.15) is 5.56 Å². The number of rotatable bonds is 2. The van der Waals surface area contributed by atoms with Crippen LogP contribution in [0.5, 0.6) is 0 Å².